The van der Waals surface area contributed by atoms with E-state index in [0.29, 0.717) is 6.54 Å². The van der Waals surface area contributed by atoms with Gasteiger partial charge in [-0.25, -0.2) is 0 Å². The average molecular weight is 274 g/mol. The summed E-state index contributed by atoms with van der Waals surface area (Å²) in [6, 6.07) is 6.51. The molecule has 0 bridgehead atoms. The molecule has 1 aliphatic heterocycles. The molecule has 3 nitrogen and oxygen atoms in total. The van der Waals surface area contributed by atoms with E-state index in [4.69, 9.17) is 0 Å². The lowest BCUT2D eigenvalue weighted by Gasteiger charge is -2.15. The SMILES string of the molecule is CCCCC(CC)C(=O)NCc1ccc2c(c1)CNC2. The Balaban J connectivity index is 1.86. The first-order chi connectivity index (χ1) is 9.74. The maximum absolute atomic E-state index is 12.2. The summed E-state index contributed by atoms with van der Waals surface area (Å²) in [6.45, 7) is 6.83. The molecule has 0 radical (unpaired) electrons. The van der Waals surface area contributed by atoms with Crippen molar-refractivity contribution >= 4 is 5.91 Å². The van der Waals surface area contributed by atoms with Gasteiger partial charge in [0.25, 0.3) is 0 Å². The highest BCUT2D eigenvalue weighted by atomic mass is 16.1. The zero-order chi connectivity index (χ0) is 14.4. The predicted molar refractivity (Wildman–Crippen MR) is 82.1 cm³/mol. The summed E-state index contributed by atoms with van der Waals surface area (Å²) in [5.41, 5.74) is 3.95. The van der Waals surface area contributed by atoms with Crippen molar-refractivity contribution in [3.63, 3.8) is 0 Å². The molecule has 0 spiro atoms. The van der Waals surface area contributed by atoms with E-state index in [1.165, 1.54) is 16.7 Å². The Morgan fingerprint density at radius 2 is 2.10 bits per heavy atom. The minimum Gasteiger partial charge on any atom is -0.352 e. The number of carbonyl (C=O) groups excluding carboxylic acids is 1. The first-order valence-corrected chi connectivity index (χ1v) is 7.83. The van der Waals surface area contributed by atoms with Crippen molar-refractivity contribution in [1.82, 2.24) is 10.6 Å². The Morgan fingerprint density at radius 3 is 2.85 bits per heavy atom. The van der Waals surface area contributed by atoms with Crippen LogP contribution in [0, 0.1) is 5.92 Å². The molecule has 3 heteroatoms. The standard InChI is InChI=1S/C17H26N2O/c1-3-5-6-14(4-2)17(20)19-10-13-7-8-15-11-18-12-16(15)9-13/h7-9,14,18H,3-6,10-12H2,1-2H3,(H,19,20). The first-order valence-electron chi connectivity index (χ1n) is 7.83. The van der Waals surface area contributed by atoms with Crippen LogP contribution in [-0.4, -0.2) is 5.91 Å². The third-order valence-electron chi connectivity index (χ3n) is 4.14. The molecule has 0 aliphatic carbocycles. The number of carbonyl (C=O) groups is 1. The lowest BCUT2D eigenvalue weighted by molar-refractivity contribution is -0.125. The predicted octanol–water partition coefficient (Wildman–Crippen LogP) is 3.12. The maximum atomic E-state index is 12.2. The molecule has 0 aromatic heterocycles. The lowest BCUT2D eigenvalue weighted by atomic mass is 9.98. The van der Waals surface area contributed by atoms with Crippen molar-refractivity contribution in [3.8, 4) is 0 Å². The minimum atomic E-state index is 0.172. The molecule has 110 valence electrons. The number of nitrogens with one attached hydrogen (secondary N) is 2. The summed E-state index contributed by atoms with van der Waals surface area (Å²) in [5.74, 6) is 0.380. The molecule has 0 saturated heterocycles. The number of hydrogen-bond donors (Lipinski definition) is 2. The van der Waals surface area contributed by atoms with E-state index in [2.05, 4.69) is 42.7 Å². The molecular weight excluding hydrogens is 248 g/mol. The quantitative estimate of drug-likeness (QED) is 0.802. The molecular formula is C17H26N2O. The topological polar surface area (TPSA) is 41.1 Å². The van der Waals surface area contributed by atoms with Crippen molar-refractivity contribution in [2.45, 2.75) is 59.2 Å². The van der Waals surface area contributed by atoms with Gasteiger partial charge in [-0.05, 0) is 29.5 Å². The summed E-state index contributed by atoms with van der Waals surface area (Å²) in [7, 11) is 0. The Bertz CT molecular complexity index is 456. The monoisotopic (exact) mass is 274 g/mol. The fourth-order valence-corrected chi connectivity index (χ4v) is 2.76. The zero-order valence-electron chi connectivity index (χ0n) is 12.7. The van der Waals surface area contributed by atoms with E-state index >= 15 is 0 Å². The van der Waals surface area contributed by atoms with E-state index in [9.17, 15) is 4.79 Å². The second-order valence-electron chi connectivity index (χ2n) is 5.67. The van der Waals surface area contributed by atoms with Crippen LogP contribution >= 0.6 is 0 Å². The van der Waals surface area contributed by atoms with Crippen LogP contribution < -0.4 is 10.6 Å². The molecule has 1 aromatic rings. The number of fused-ring (bicyclic) bond motifs is 1. The van der Waals surface area contributed by atoms with Crippen molar-refractivity contribution in [2.75, 3.05) is 0 Å². The largest absolute Gasteiger partial charge is 0.352 e. The second-order valence-corrected chi connectivity index (χ2v) is 5.67. The molecule has 0 saturated carbocycles. The van der Waals surface area contributed by atoms with Gasteiger partial charge in [-0.3, -0.25) is 4.79 Å². The number of hydrogen-bond acceptors (Lipinski definition) is 2. The van der Waals surface area contributed by atoms with Gasteiger partial charge in [-0.1, -0.05) is 44.9 Å². The van der Waals surface area contributed by atoms with E-state index < -0.39 is 0 Å². The first kappa shape index (κ1) is 15.0. The van der Waals surface area contributed by atoms with Crippen LogP contribution in [0.1, 0.15) is 56.2 Å². The van der Waals surface area contributed by atoms with Gasteiger partial charge in [-0.2, -0.15) is 0 Å². The van der Waals surface area contributed by atoms with Gasteiger partial charge in [-0.15, -0.1) is 0 Å². The Kier molecular flexibility index (Phi) is 5.60. The molecule has 2 rings (SSSR count). The fourth-order valence-electron chi connectivity index (χ4n) is 2.76. The Hall–Kier alpha value is -1.35. The van der Waals surface area contributed by atoms with Gasteiger partial charge in [0, 0.05) is 25.6 Å². The van der Waals surface area contributed by atoms with Crippen LogP contribution in [-0.2, 0) is 24.4 Å². The van der Waals surface area contributed by atoms with E-state index in [1.54, 1.807) is 0 Å². The van der Waals surface area contributed by atoms with Crippen LogP contribution in [0.25, 0.3) is 0 Å². The summed E-state index contributed by atoms with van der Waals surface area (Å²) in [6.07, 6.45) is 4.23. The molecule has 1 amide bonds. The molecule has 1 atom stereocenters. The van der Waals surface area contributed by atoms with Gasteiger partial charge < -0.3 is 10.6 Å². The zero-order valence-corrected chi connectivity index (χ0v) is 12.7. The van der Waals surface area contributed by atoms with Gasteiger partial charge in [0.2, 0.25) is 5.91 Å². The van der Waals surface area contributed by atoms with E-state index in [0.717, 1.165) is 38.8 Å². The number of unbranched alkanes of at least 4 members (excludes halogenated alkanes) is 1. The van der Waals surface area contributed by atoms with E-state index in [1.807, 2.05) is 0 Å². The van der Waals surface area contributed by atoms with Crippen LogP contribution in [0.3, 0.4) is 0 Å². The number of rotatable bonds is 7. The molecule has 20 heavy (non-hydrogen) atoms. The van der Waals surface area contributed by atoms with Gasteiger partial charge in [0.05, 0.1) is 0 Å². The Labute approximate surface area is 122 Å². The summed E-state index contributed by atoms with van der Waals surface area (Å²) >= 11 is 0. The summed E-state index contributed by atoms with van der Waals surface area (Å²) in [5, 5.41) is 6.43. The molecule has 2 N–H and O–H groups in total. The minimum absolute atomic E-state index is 0.172. The van der Waals surface area contributed by atoms with Crippen LogP contribution in [0.4, 0.5) is 0 Å². The van der Waals surface area contributed by atoms with Crippen molar-refractivity contribution in [3.05, 3.63) is 34.9 Å². The lowest BCUT2D eigenvalue weighted by Crippen LogP contribution is -2.30. The second kappa shape index (κ2) is 7.44. The van der Waals surface area contributed by atoms with E-state index in [-0.39, 0.29) is 11.8 Å². The molecule has 1 unspecified atom stereocenters. The third-order valence-corrected chi connectivity index (χ3v) is 4.14. The maximum Gasteiger partial charge on any atom is 0.223 e. The van der Waals surface area contributed by atoms with Crippen LogP contribution in [0.5, 0.6) is 0 Å². The highest BCUT2D eigenvalue weighted by Crippen LogP contribution is 2.17. The van der Waals surface area contributed by atoms with Crippen molar-refractivity contribution < 1.29 is 4.79 Å². The highest BCUT2D eigenvalue weighted by Gasteiger charge is 2.16. The average Bonchev–Trinajstić information content (AvgIpc) is 2.93. The smallest absolute Gasteiger partial charge is 0.223 e. The van der Waals surface area contributed by atoms with Gasteiger partial charge in [0.1, 0.15) is 0 Å². The highest BCUT2D eigenvalue weighted by molar-refractivity contribution is 5.78. The molecule has 1 aliphatic rings. The Morgan fingerprint density at radius 1 is 1.30 bits per heavy atom. The fraction of sp³-hybridized carbons (Fsp3) is 0.588. The molecule has 0 fully saturated rings. The van der Waals surface area contributed by atoms with Gasteiger partial charge in [0.15, 0.2) is 0 Å². The molecule has 1 heterocycles. The summed E-state index contributed by atoms with van der Waals surface area (Å²) < 4.78 is 0. The van der Waals surface area contributed by atoms with Crippen molar-refractivity contribution in [2.24, 2.45) is 5.92 Å². The van der Waals surface area contributed by atoms with Crippen molar-refractivity contribution in [1.29, 1.82) is 0 Å². The van der Waals surface area contributed by atoms with Crippen LogP contribution in [0.15, 0.2) is 18.2 Å². The molecule has 1 aromatic carbocycles. The summed E-state index contributed by atoms with van der Waals surface area (Å²) in [4.78, 5) is 12.2. The van der Waals surface area contributed by atoms with Crippen LogP contribution in [0.2, 0.25) is 0 Å². The number of benzene rings is 1. The van der Waals surface area contributed by atoms with Gasteiger partial charge >= 0.3 is 0 Å². The third kappa shape index (κ3) is 3.83. The number of amides is 1. The normalized spacial score (nSPS) is 14.9.